The van der Waals surface area contributed by atoms with E-state index in [1.807, 2.05) is 13.0 Å². The predicted octanol–water partition coefficient (Wildman–Crippen LogP) is 3.89. The number of nitrogens with two attached hydrogens (primary N) is 1. The Morgan fingerprint density at radius 2 is 1.90 bits per heavy atom. The van der Waals surface area contributed by atoms with E-state index >= 15 is 0 Å². The van der Waals surface area contributed by atoms with Gasteiger partial charge in [-0.25, -0.2) is 13.8 Å². The zero-order chi connectivity index (χ0) is 21.4. The van der Waals surface area contributed by atoms with Gasteiger partial charge in [0.05, 0.1) is 6.20 Å². The molecule has 9 heteroatoms. The summed E-state index contributed by atoms with van der Waals surface area (Å²) < 4.78 is 29.1. The smallest absolute Gasteiger partial charge is 0.229 e. The van der Waals surface area contributed by atoms with E-state index in [1.54, 1.807) is 19.2 Å². The van der Waals surface area contributed by atoms with Crippen LogP contribution in [0.5, 0.6) is 0 Å². The Hall–Kier alpha value is -3.75. The van der Waals surface area contributed by atoms with Crippen LogP contribution in [0.1, 0.15) is 12.0 Å². The van der Waals surface area contributed by atoms with Gasteiger partial charge < -0.3 is 20.9 Å². The molecular weight excluding hydrogens is 390 g/mol. The molecule has 0 aliphatic carbocycles. The monoisotopic (exact) mass is 410 g/mol. The molecule has 0 fully saturated rings. The Morgan fingerprint density at radius 1 is 1.17 bits per heavy atom. The highest BCUT2D eigenvalue weighted by atomic mass is 19.1. The maximum Gasteiger partial charge on any atom is 0.229 e. The number of rotatable bonds is 3. The summed E-state index contributed by atoms with van der Waals surface area (Å²) >= 11 is 0. The molecular formula is C21H20F2N6O. The van der Waals surface area contributed by atoms with E-state index in [0.29, 0.717) is 17.1 Å². The third-order valence-electron chi connectivity index (χ3n) is 5.02. The number of amides is 1. The average Bonchev–Trinajstić information content (AvgIpc) is 2.83. The number of hydrogen-bond donors (Lipinski definition) is 2. The first-order valence-corrected chi connectivity index (χ1v) is 9.33. The van der Waals surface area contributed by atoms with Gasteiger partial charge in [-0.3, -0.25) is 4.79 Å². The molecule has 3 aromatic rings. The molecule has 30 heavy (non-hydrogen) atoms. The van der Waals surface area contributed by atoms with Gasteiger partial charge in [-0.2, -0.15) is 4.98 Å². The number of aryl methyl sites for hydroxylation is 1. The fourth-order valence-corrected chi connectivity index (χ4v) is 3.32. The average molecular weight is 410 g/mol. The SMILES string of the molecule is Cc1cc(Nc2ncc3c(n2)N(c2c(F)cccc2F)CCC(=O)N3C)ccc1N. The molecule has 1 aromatic heterocycles. The molecule has 0 radical (unpaired) electrons. The highest BCUT2D eigenvalue weighted by Gasteiger charge is 2.30. The maximum absolute atomic E-state index is 14.5. The van der Waals surface area contributed by atoms with Crippen LogP contribution in [0.3, 0.4) is 0 Å². The summed E-state index contributed by atoms with van der Waals surface area (Å²) in [5, 5.41) is 3.07. The Morgan fingerprint density at radius 3 is 2.60 bits per heavy atom. The van der Waals surface area contributed by atoms with E-state index in [1.165, 1.54) is 34.2 Å². The summed E-state index contributed by atoms with van der Waals surface area (Å²) in [6, 6.07) is 9.02. The van der Waals surface area contributed by atoms with E-state index in [0.717, 1.165) is 5.56 Å². The van der Waals surface area contributed by atoms with E-state index in [4.69, 9.17) is 5.73 Å². The topological polar surface area (TPSA) is 87.4 Å². The summed E-state index contributed by atoms with van der Waals surface area (Å²) in [5.74, 6) is -1.21. The third kappa shape index (κ3) is 3.49. The molecule has 1 aliphatic rings. The minimum atomic E-state index is -0.736. The molecule has 2 aromatic carbocycles. The molecule has 2 heterocycles. The van der Waals surface area contributed by atoms with Crippen molar-refractivity contribution in [2.24, 2.45) is 0 Å². The number of nitrogens with one attached hydrogen (secondary N) is 1. The van der Waals surface area contributed by atoms with Crippen LogP contribution < -0.4 is 20.9 Å². The van der Waals surface area contributed by atoms with Crippen molar-refractivity contribution in [1.82, 2.24) is 9.97 Å². The van der Waals surface area contributed by atoms with Crippen molar-refractivity contribution in [2.75, 3.05) is 34.4 Å². The molecule has 0 saturated carbocycles. The minimum absolute atomic E-state index is 0.0700. The van der Waals surface area contributed by atoms with Crippen LogP contribution in [0.25, 0.3) is 0 Å². The van der Waals surface area contributed by atoms with Crippen LogP contribution in [0.2, 0.25) is 0 Å². The first-order valence-electron chi connectivity index (χ1n) is 9.33. The second kappa shape index (κ2) is 7.58. The first kappa shape index (κ1) is 19.6. The summed E-state index contributed by atoms with van der Waals surface area (Å²) in [4.78, 5) is 23.9. The normalized spacial score (nSPS) is 13.8. The van der Waals surface area contributed by atoms with Crippen molar-refractivity contribution in [3.63, 3.8) is 0 Å². The lowest BCUT2D eigenvalue weighted by Gasteiger charge is -2.25. The van der Waals surface area contributed by atoms with Crippen molar-refractivity contribution in [1.29, 1.82) is 0 Å². The molecule has 0 bridgehead atoms. The van der Waals surface area contributed by atoms with Gasteiger partial charge in [0.1, 0.15) is 23.0 Å². The molecule has 154 valence electrons. The molecule has 4 rings (SSSR count). The van der Waals surface area contributed by atoms with Crippen molar-refractivity contribution in [3.05, 3.63) is 59.8 Å². The summed E-state index contributed by atoms with van der Waals surface area (Å²) in [6.07, 6.45) is 1.53. The molecule has 0 spiro atoms. The van der Waals surface area contributed by atoms with Crippen LogP contribution in [-0.4, -0.2) is 29.5 Å². The van der Waals surface area contributed by atoms with Crippen LogP contribution >= 0.6 is 0 Å². The quantitative estimate of drug-likeness (QED) is 0.637. The summed E-state index contributed by atoms with van der Waals surface area (Å²) in [7, 11) is 1.59. The van der Waals surface area contributed by atoms with E-state index in [9.17, 15) is 13.6 Å². The number of para-hydroxylation sites is 1. The number of fused-ring (bicyclic) bond motifs is 1. The predicted molar refractivity (Wildman–Crippen MR) is 112 cm³/mol. The number of nitrogen functional groups attached to an aromatic ring is 1. The van der Waals surface area contributed by atoms with Gasteiger partial charge >= 0.3 is 0 Å². The Bertz CT molecular complexity index is 1120. The third-order valence-corrected chi connectivity index (χ3v) is 5.02. The highest BCUT2D eigenvalue weighted by molar-refractivity contribution is 5.98. The van der Waals surface area contributed by atoms with E-state index in [-0.39, 0.29) is 36.3 Å². The molecule has 0 unspecified atom stereocenters. The van der Waals surface area contributed by atoms with Crippen LogP contribution in [-0.2, 0) is 4.79 Å². The van der Waals surface area contributed by atoms with Gasteiger partial charge in [-0.1, -0.05) is 6.07 Å². The zero-order valence-corrected chi connectivity index (χ0v) is 16.5. The van der Waals surface area contributed by atoms with Gasteiger partial charge in [-0.15, -0.1) is 0 Å². The number of carbonyl (C=O) groups excluding carboxylic acids is 1. The lowest BCUT2D eigenvalue weighted by molar-refractivity contribution is -0.118. The number of aromatic nitrogens is 2. The van der Waals surface area contributed by atoms with Gasteiger partial charge in [-0.05, 0) is 42.8 Å². The van der Waals surface area contributed by atoms with Crippen LogP contribution in [0, 0.1) is 18.6 Å². The van der Waals surface area contributed by atoms with Gasteiger partial charge in [0.15, 0.2) is 5.82 Å². The van der Waals surface area contributed by atoms with Crippen LogP contribution in [0.15, 0.2) is 42.6 Å². The number of nitrogens with zero attached hydrogens (tertiary/aromatic N) is 4. The number of hydrogen-bond acceptors (Lipinski definition) is 6. The Kier molecular flexibility index (Phi) is 4.94. The fraction of sp³-hybridized carbons (Fsp3) is 0.190. The lowest BCUT2D eigenvalue weighted by Crippen LogP contribution is -2.25. The fourth-order valence-electron chi connectivity index (χ4n) is 3.32. The number of anilines is 6. The molecule has 3 N–H and O–H groups in total. The van der Waals surface area contributed by atoms with Crippen LogP contribution in [0.4, 0.5) is 43.3 Å². The van der Waals surface area contributed by atoms with Gasteiger partial charge in [0, 0.05) is 31.4 Å². The van der Waals surface area contributed by atoms with Crippen molar-refractivity contribution >= 4 is 40.4 Å². The number of benzene rings is 2. The molecule has 1 aliphatic heterocycles. The number of halogens is 2. The number of carbonyl (C=O) groups is 1. The largest absolute Gasteiger partial charge is 0.399 e. The van der Waals surface area contributed by atoms with Gasteiger partial charge in [0.2, 0.25) is 11.9 Å². The molecule has 7 nitrogen and oxygen atoms in total. The Labute approximate surface area is 172 Å². The van der Waals surface area contributed by atoms with E-state index in [2.05, 4.69) is 15.3 Å². The summed E-state index contributed by atoms with van der Waals surface area (Å²) in [5.41, 5.74) is 8.21. The van der Waals surface area contributed by atoms with E-state index < -0.39 is 11.6 Å². The minimum Gasteiger partial charge on any atom is -0.399 e. The first-order chi connectivity index (χ1) is 14.3. The van der Waals surface area contributed by atoms with Crippen molar-refractivity contribution in [3.8, 4) is 0 Å². The molecule has 0 atom stereocenters. The van der Waals surface area contributed by atoms with Gasteiger partial charge in [0.25, 0.3) is 0 Å². The highest BCUT2D eigenvalue weighted by Crippen LogP contribution is 2.38. The standard InChI is InChI=1S/C21H20F2N6O/c1-12-10-13(6-7-16(12)24)26-21-25-11-17-20(27-21)29(9-8-18(30)28(17)2)19-14(22)4-3-5-15(19)23/h3-7,10-11H,8-9,24H2,1-2H3,(H,25,26,27). The molecule has 1 amide bonds. The Balaban J connectivity index is 1.81. The maximum atomic E-state index is 14.5. The zero-order valence-electron chi connectivity index (χ0n) is 16.5. The van der Waals surface area contributed by atoms with Crippen molar-refractivity contribution < 1.29 is 13.6 Å². The second-order valence-corrected chi connectivity index (χ2v) is 7.02. The lowest BCUT2D eigenvalue weighted by atomic mass is 10.2. The van der Waals surface area contributed by atoms with Crippen molar-refractivity contribution in [2.45, 2.75) is 13.3 Å². The second-order valence-electron chi connectivity index (χ2n) is 7.02. The molecule has 0 saturated heterocycles. The summed E-state index contributed by atoms with van der Waals surface area (Å²) in [6.45, 7) is 1.95.